The van der Waals surface area contributed by atoms with Crippen LogP contribution in [0.4, 0.5) is 0 Å². The fourth-order valence-corrected chi connectivity index (χ4v) is 0. The second kappa shape index (κ2) is 10.8. The predicted octanol–water partition coefficient (Wildman–Crippen LogP) is -6.58. The first-order valence-electron chi connectivity index (χ1n) is 0.730. The molecule has 0 radical (unpaired) electrons. The minimum Gasteiger partial charge on any atom is -0.822 e. The van der Waals surface area contributed by atoms with Crippen LogP contribution in [-0.4, -0.2) is 60.8 Å². The van der Waals surface area contributed by atoms with E-state index in [4.69, 9.17) is 19.2 Å². The summed E-state index contributed by atoms with van der Waals surface area (Å²) in [5.41, 5.74) is 0. The first-order valence-corrected chi connectivity index (χ1v) is 2.19. The maximum atomic E-state index is 8.55. The van der Waals surface area contributed by atoms with E-state index in [-0.39, 0.29) is 112 Å². The van der Waals surface area contributed by atoms with Crippen LogP contribution in [0.2, 0.25) is 0 Å². The molecular formula is CaKMgO4P+2. The fraction of sp³-hybridized carbons (Fsp3) is 0. The van der Waals surface area contributed by atoms with Crippen molar-refractivity contribution in [2.24, 2.45) is 0 Å². The van der Waals surface area contributed by atoms with Crippen LogP contribution < -0.4 is 66.1 Å². The maximum absolute atomic E-state index is 8.55. The Hall–Kier alpha value is 3.77. The second-order valence-corrected chi connectivity index (χ2v) is 1.34. The third kappa shape index (κ3) is 52.8. The van der Waals surface area contributed by atoms with Crippen LogP contribution in [0.5, 0.6) is 0 Å². The topological polar surface area (TPSA) is 86.2 Å². The molecule has 0 saturated heterocycles. The average molecular weight is 198 g/mol. The van der Waals surface area contributed by atoms with Crippen molar-refractivity contribution < 1.29 is 70.6 Å². The quantitative estimate of drug-likeness (QED) is 0.286. The van der Waals surface area contributed by atoms with E-state index >= 15 is 0 Å². The predicted molar refractivity (Wildman–Crippen MR) is 19.1 cm³/mol. The Morgan fingerprint density at radius 1 is 1.12 bits per heavy atom. The zero-order valence-electron chi connectivity index (χ0n) is 4.49. The molecule has 0 aliphatic heterocycles. The summed E-state index contributed by atoms with van der Waals surface area (Å²) in [5.74, 6) is 0. The van der Waals surface area contributed by atoms with E-state index in [1.807, 2.05) is 0 Å². The second-order valence-electron chi connectivity index (χ2n) is 0.447. The van der Waals surface area contributed by atoms with Gasteiger partial charge in [-0.25, -0.2) is 0 Å². The number of hydrogen-bond donors (Lipinski definition) is 0. The summed E-state index contributed by atoms with van der Waals surface area (Å²) in [6, 6.07) is 0. The van der Waals surface area contributed by atoms with Gasteiger partial charge in [0.25, 0.3) is 0 Å². The van der Waals surface area contributed by atoms with Gasteiger partial charge >= 0.3 is 112 Å². The van der Waals surface area contributed by atoms with Crippen LogP contribution in [0.15, 0.2) is 0 Å². The molecule has 0 amide bonds. The normalized spacial score (nSPS) is 7.38. The van der Waals surface area contributed by atoms with Crippen molar-refractivity contribution in [2.75, 3.05) is 0 Å². The van der Waals surface area contributed by atoms with Gasteiger partial charge in [0, 0.05) is 0 Å². The first-order chi connectivity index (χ1) is 2.00. The fourth-order valence-electron chi connectivity index (χ4n) is 0. The van der Waals surface area contributed by atoms with Gasteiger partial charge < -0.3 is 19.2 Å². The Balaban J connectivity index is -0.0000000267. The Kier molecular flexibility index (Phi) is 30.5. The zero-order chi connectivity index (χ0) is 4.50. The van der Waals surface area contributed by atoms with Crippen molar-refractivity contribution in [3.8, 4) is 0 Å². The summed E-state index contributed by atoms with van der Waals surface area (Å²) in [4.78, 5) is 25.6. The third-order valence-corrected chi connectivity index (χ3v) is 0. The van der Waals surface area contributed by atoms with E-state index in [2.05, 4.69) is 0 Å². The van der Waals surface area contributed by atoms with Crippen molar-refractivity contribution in [2.45, 2.75) is 0 Å². The molecule has 0 heterocycles. The van der Waals surface area contributed by atoms with E-state index in [0.29, 0.717) is 0 Å². The third-order valence-electron chi connectivity index (χ3n) is 0. The molecule has 0 aliphatic rings. The minimum absolute atomic E-state index is 0. The van der Waals surface area contributed by atoms with Crippen molar-refractivity contribution in [1.29, 1.82) is 0 Å². The SMILES string of the molecule is O=P([O-])([O-])[O-].[Ca+2].[K+].[Mg+2]. The molecule has 0 atom stereocenters. The van der Waals surface area contributed by atoms with Gasteiger partial charge in [-0.3, -0.25) is 0 Å². The van der Waals surface area contributed by atoms with Gasteiger partial charge in [0.05, 0.1) is 0 Å². The molecule has 0 aromatic carbocycles. The van der Waals surface area contributed by atoms with E-state index < -0.39 is 7.82 Å². The van der Waals surface area contributed by atoms with Crippen molar-refractivity contribution in [3.63, 3.8) is 0 Å². The van der Waals surface area contributed by atoms with Crippen LogP contribution in [0.1, 0.15) is 0 Å². The number of hydrogen-bond acceptors (Lipinski definition) is 4. The largest absolute Gasteiger partial charge is 2.00 e. The van der Waals surface area contributed by atoms with Gasteiger partial charge in [-0.15, -0.1) is 0 Å². The molecule has 0 fully saturated rings. The monoisotopic (exact) mass is 198 g/mol. The molecule has 8 heteroatoms. The number of rotatable bonds is 0. The standard InChI is InChI=1S/Ca.K.Mg.H3O4P/c;;;1-5(2,3)4/h;;;(H3,1,2,3,4)/q+2;+1;+2;/p-3. The van der Waals surface area contributed by atoms with Crippen LogP contribution in [0, 0.1) is 0 Å². The summed E-state index contributed by atoms with van der Waals surface area (Å²) in [6.07, 6.45) is 0. The molecule has 0 aromatic heterocycles. The summed E-state index contributed by atoms with van der Waals surface area (Å²) in [6.45, 7) is 0. The van der Waals surface area contributed by atoms with E-state index in [9.17, 15) is 0 Å². The molecule has 0 bridgehead atoms. The van der Waals surface area contributed by atoms with Crippen LogP contribution >= 0.6 is 7.82 Å². The molecule has 8 heavy (non-hydrogen) atoms. The van der Waals surface area contributed by atoms with E-state index in [1.165, 1.54) is 0 Å². The van der Waals surface area contributed by atoms with Crippen LogP contribution in [-0.2, 0) is 4.57 Å². The van der Waals surface area contributed by atoms with Crippen LogP contribution in [0.25, 0.3) is 0 Å². The molecule has 32 valence electrons. The van der Waals surface area contributed by atoms with Gasteiger partial charge in [0.15, 0.2) is 0 Å². The number of phosphoric acid groups is 1. The summed E-state index contributed by atoms with van der Waals surface area (Å²) < 4.78 is 8.55. The van der Waals surface area contributed by atoms with Gasteiger partial charge in [-0.05, 0) is 0 Å². The van der Waals surface area contributed by atoms with Gasteiger partial charge in [-0.2, -0.15) is 7.82 Å². The minimum atomic E-state index is -5.39. The maximum Gasteiger partial charge on any atom is 2.00 e. The van der Waals surface area contributed by atoms with Crippen molar-refractivity contribution >= 4 is 68.6 Å². The van der Waals surface area contributed by atoms with E-state index in [1.54, 1.807) is 0 Å². The molecule has 0 unspecified atom stereocenters. The molecule has 4 nitrogen and oxygen atoms in total. The van der Waals surface area contributed by atoms with Gasteiger partial charge in [-0.1, -0.05) is 0 Å². The molecule has 0 rings (SSSR count). The van der Waals surface area contributed by atoms with Crippen LogP contribution in [0.3, 0.4) is 0 Å². The Morgan fingerprint density at radius 2 is 1.12 bits per heavy atom. The molecule has 0 N–H and O–H groups in total. The molecule has 0 aliphatic carbocycles. The Bertz CT molecular complexity index is 62.2. The summed E-state index contributed by atoms with van der Waals surface area (Å²) >= 11 is 0. The smallest absolute Gasteiger partial charge is 0.822 e. The first kappa shape index (κ1) is 22.6. The van der Waals surface area contributed by atoms with Gasteiger partial charge in [0.1, 0.15) is 0 Å². The molecule has 0 aromatic rings. The molecule has 0 saturated carbocycles. The summed E-state index contributed by atoms with van der Waals surface area (Å²) in [5, 5.41) is 0. The average Bonchev–Trinajstić information content (AvgIpc) is 0.722. The Morgan fingerprint density at radius 3 is 1.12 bits per heavy atom. The van der Waals surface area contributed by atoms with Crippen molar-refractivity contribution in [3.05, 3.63) is 0 Å². The van der Waals surface area contributed by atoms with Gasteiger partial charge in [0.2, 0.25) is 0 Å². The summed E-state index contributed by atoms with van der Waals surface area (Å²) in [7, 11) is -5.39. The van der Waals surface area contributed by atoms with Crippen molar-refractivity contribution in [1.82, 2.24) is 0 Å². The molecular weight excluding hydrogens is 198 g/mol. The molecule has 0 spiro atoms. The van der Waals surface area contributed by atoms with E-state index in [0.717, 1.165) is 0 Å². The Labute approximate surface area is 136 Å². The zero-order valence-corrected chi connectivity index (χ0v) is 12.1.